The zero-order valence-corrected chi connectivity index (χ0v) is 11.6. The topological polar surface area (TPSA) is 75.0 Å². The first-order valence-corrected chi connectivity index (χ1v) is 6.46. The molecule has 0 saturated carbocycles. The molecule has 0 aliphatic heterocycles. The van der Waals surface area contributed by atoms with Crippen molar-refractivity contribution in [2.45, 2.75) is 6.04 Å². The minimum absolute atomic E-state index is 0.303. The van der Waals surface area contributed by atoms with E-state index in [2.05, 4.69) is 10.3 Å². The number of hydrogen-bond acceptors (Lipinski definition) is 4. The molecule has 5 nitrogen and oxygen atoms in total. The molecular formula is C16H15N3O2. The van der Waals surface area contributed by atoms with Gasteiger partial charge in [0.1, 0.15) is 0 Å². The summed E-state index contributed by atoms with van der Waals surface area (Å²) in [6, 6.07) is 13.8. The standard InChI is InChI=1S/C16H15N3O2/c1-21-11-15(14-8-4-5-9-18-14)19-16(20)13-7-3-2-6-12(13)10-17/h2-9,15H,11H2,1H3,(H,19,20)/t15-/m1/s1. The Hall–Kier alpha value is -2.71. The van der Waals surface area contributed by atoms with Gasteiger partial charge in [-0.15, -0.1) is 0 Å². The molecule has 1 aromatic carbocycles. The Bertz CT molecular complexity index is 650. The number of nitriles is 1. The number of carbonyl (C=O) groups is 1. The smallest absolute Gasteiger partial charge is 0.253 e. The summed E-state index contributed by atoms with van der Waals surface area (Å²) in [5, 5.41) is 11.9. The van der Waals surface area contributed by atoms with Crippen molar-refractivity contribution in [2.75, 3.05) is 13.7 Å². The molecule has 2 aromatic rings. The fraction of sp³-hybridized carbons (Fsp3) is 0.188. The summed E-state index contributed by atoms with van der Waals surface area (Å²) in [5.74, 6) is -0.320. The predicted molar refractivity (Wildman–Crippen MR) is 77.5 cm³/mol. The number of hydrogen-bond donors (Lipinski definition) is 1. The van der Waals surface area contributed by atoms with Crippen LogP contribution in [0.25, 0.3) is 0 Å². The summed E-state index contributed by atoms with van der Waals surface area (Å²) in [5.41, 5.74) is 1.39. The van der Waals surface area contributed by atoms with E-state index >= 15 is 0 Å². The molecular weight excluding hydrogens is 266 g/mol. The van der Waals surface area contributed by atoms with Gasteiger partial charge in [0.05, 0.1) is 35.5 Å². The quantitative estimate of drug-likeness (QED) is 0.910. The minimum atomic E-state index is -0.365. The van der Waals surface area contributed by atoms with E-state index in [1.54, 1.807) is 43.6 Å². The average molecular weight is 281 g/mol. The molecule has 1 N–H and O–H groups in total. The van der Waals surface area contributed by atoms with E-state index in [1.807, 2.05) is 18.2 Å². The Kier molecular flexibility index (Phi) is 5.02. The molecule has 0 aliphatic carbocycles. The zero-order chi connectivity index (χ0) is 15.1. The highest BCUT2D eigenvalue weighted by Crippen LogP contribution is 2.13. The Morgan fingerprint density at radius 1 is 1.33 bits per heavy atom. The van der Waals surface area contributed by atoms with Crippen LogP contribution in [-0.2, 0) is 4.74 Å². The first kappa shape index (κ1) is 14.7. The summed E-state index contributed by atoms with van der Waals surface area (Å²) < 4.78 is 5.13. The number of carbonyl (C=O) groups excluding carboxylic acids is 1. The van der Waals surface area contributed by atoms with Crippen molar-refractivity contribution < 1.29 is 9.53 Å². The second kappa shape index (κ2) is 7.17. The third-order valence-corrected chi connectivity index (χ3v) is 2.98. The SMILES string of the molecule is COC[C@@H](NC(=O)c1ccccc1C#N)c1ccccn1. The summed E-state index contributed by atoms with van der Waals surface area (Å²) in [6.07, 6.45) is 1.66. The van der Waals surface area contributed by atoms with E-state index in [1.165, 1.54) is 0 Å². The van der Waals surface area contributed by atoms with E-state index < -0.39 is 0 Å². The fourth-order valence-electron chi connectivity index (χ4n) is 1.96. The lowest BCUT2D eigenvalue weighted by atomic mass is 10.1. The number of ether oxygens (including phenoxy) is 1. The second-order valence-corrected chi connectivity index (χ2v) is 4.39. The Morgan fingerprint density at radius 3 is 2.76 bits per heavy atom. The molecule has 0 fully saturated rings. The van der Waals surface area contributed by atoms with Gasteiger partial charge in [-0.2, -0.15) is 5.26 Å². The van der Waals surface area contributed by atoms with Crippen molar-refractivity contribution in [1.82, 2.24) is 10.3 Å². The number of amides is 1. The number of aromatic nitrogens is 1. The molecule has 1 heterocycles. The van der Waals surface area contributed by atoms with E-state index in [4.69, 9.17) is 10.00 Å². The number of methoxy groups -OCH3 is 1. The lowest BCUT2D eigenvalue weighted by Crippen LogP contribution is -2.32. The van der Waals surface area contributed by atoms with Gasteiger partial charge in [0.2, 0.25) is 0 Å². The van der Waals surface area contributed by atoms with Gasteiger partial charge in [-0.05, 0) is 24.3 Å². The molecule has 1 amide bonds. The Labute approximate surface area is 123 Å². The van der Waals surface area contributed by atoms with Gasteiger partial charge in [-0.3, -0.25) is 9.78 Å². The molecule has 1 aromatic heterocycles. The van der Waals surface area contributed by atoms with Crippen molar-refractivity contribution >= 4 is 5.91 Å². The van der Waals surface area contributed by atoms with E-state index in [-0.39, 0.29) is 11.9 Å². The van der Waals surface area contributed by atoms with Crippen LogP contribution in [0.5, 0.6) is 0 Å². The minimum Gasteiger partial charge on any atom is -0.382 e. The van der Waals surface area contributed by atoms with Gasteiger partial charge in [0.15, 0.2) is 0 Å². The molecule has 5 heteroatoms. The highest BCUT2D eigenvalue weighted by Gasteiger charge is 2.18. The molecule has 2 rings (SSSR count). The maximum absolute atomic E-state index is 12.3. The van der Waals surface area contributed by atoms with E-state index in [9.17, 15) is 4.79 Å². The van der Waals surface area contributed by atoms with Crippen molar-refractivity contribution in [3.63, 3.8) is 0 Å². The van der Waals surface area contributed by atoms with Gasteiger partial charge in [-0.25, -0.2) is 0 Å². The first-order chi connectivity index (χ1) is 10.3. The molecule has 0 radical (unpaired) electrons. The van der Waals surface area contributed by atoms with Crippen LogP contribution < -0.4 is 5.32 Å². The van der Waals surface area contributed by atoms with Gasteiger partial charge in [-0.1, -0.05) is 18.2 Å². The van der Waals surface area contributed by atoms with Gasteiger partial charge in [0, 0.05) is 13.3 Å². The molecule has 0 saturated heterocycles. The van der Waals surface area contributed by atoms with E-state index in [0.29, 0.717) is 23.4 Å². The molecule has 106 valence electrons. The number of nitrogens with one attached hydrogen (secondary N) is 1. The highest BCUT2D eigenvalue weighted by molar-refractivity contribution is 5.96. The van der Waals surface area contributed by atoms with Crippen molar-refractivity contribution in [2.24, 2.45) is 0 Å². The summed E-state index contributed by atoms with van der Waals surface area (Å²) in [4.78, 5) is 16.6. The third kappa shape index (κ3) is 3.65. The lowest BCUT2D eigenvalue weighted by Gasteiger charge is -2.17. The van der Waals surface area contributed by atoms with Crippen LogP contribution >= 0.6 is 0 Å². The number of nitrogens with zero attached hydrogens (tertiary/aromatic N) is 2. The lowest BCUT2D eigenvalue weighted by molar-refractivity contribution is 0.0894. The summed E-state index contributed by atoms with van der Waals surface area (Å²) in [6.45, 7) is 0.303. The Balaban J connectivity index is 2.21. The molecule has 0 aliphatic rings. The molecule has 0 unspecified atom stereocenters. The van der Waals surface area contributed by atoms with Crippen LogP contribution in [0.1, 0.15) is 27.7 Å². The molecule has 0 bridgehead atoms. The third-order valence-electron chi connectivity index (χ3n) is 2.98. The first-order valence-electron chi connectivity index (χ1n) is 6.46. The molecule has 1 atom stereocenters. The van der Waals surface area contributed by atoms with Crippen LogP contribution in [0.4, 0.5) is 0 Å². The maximum atomic E-state index is 12.3. The van der Waals surface area contributed by atoms with Crippen molar-refractivity contribution in [1.29, 1.82) is 5.26 Å². The van der Waals surface area contributed by atoms with Crippen molar-refractivity contribution in [3.8, 4) is 6.07 Å². The summed E-state index contributed by atoms with van der Waals surface area (Å²) >= 11 is 0. The Morgan fingerprint density at radius 2 is 2.10 bits per heavy atom. The number of rotatable bonds is 5. The largest absolute Gasteiger partial charge is 0.382 e. The van der Waals surface area contributed by atoms with Crippen LogP contribution in [0, 0.1) is 11.3 Å². The highest BCUT2D eigenvalue weighted by atomic mass is 16.5. The molecule has 0 spiro atoms. The normalized spacial score (nSPS) is 11.4. The van der Waals surface area contributed by atoms with Crippen LogP contribution in [0.2, 0.25) is 0 Å². The number of pyridine rings is 1. The van der Waals surface area contributed by atoms with Crippen molar-refractivity contribution in [3.05, 3.63) is 65.5 Å². The average Bonchev–Trinajstić information content (AvgIpc) is 2.55. The van der Waals surface area contributed by atoms with Gasteiger partial charge < -0.3 is 10.1 Å². The monoisotopic (exact) mass is 281 g/mol. The molecule has 21 heavy (non-hydrogen) atoms. The number of benzene rings is 1. The van der Waals surface area contributed by atoms with Crippen LogP contribution in [-0.4, -0.2) is 24.6 Å². The second-order valence-electron chi connectivity index (χ2n) is 4.39. The fourth-order valence-corrected chi connectivity index (χ4v) is 1.96. The predicted octanol–water partition coefficient (Wildman–Crippen LogP) is 2.07. The zero-order valence-electron chi connectivity index (χ0n) is 11.6. The maximum Gasteiger partial charge on any atom is 0.253 e. The van der Waals surface area contributed by atoms with Crippen LogP contribution in [0.3, 0.4) is 0 Å². The summed E-state index contributed by atoms with van der Waals surface area (Å²) in [7, 11) is 1.56. The van der Waals surface area contributed by atoms with Gasteiger partial charge >= 0.3 is 0 Å². The van der Waals surface area contributed by atoms with Gasteiger partial charge in [0.25, 0.3) is 5.91 Å². The van der Waals surface area contributed by atoms with E-state index in [0.717, 1.165) is 0 Å². The van der Waals surface area contributed by atoms with Crippen LogP contribution in [0.15, 0.2) is 48.7 Å².